The predicted octanol–water partition coefficient (Wildman–Crippen LogP) is 3.18. The van der Waals surface area contributed by atoms with Crippen molar-refractivity contribution in [3.8, 4) is 0 Å². The van der Waals surface area contributed by atoms with Crippen molar-refractivity contribution in [3.63, 3.8) is 0 Å². The summed E-state index contributed by atoms with van der Waals surface area (Å²) in [4.78, 5) is 25.3. The second kappa shape index (κ2) is 10.2. The molecule has 1 atom stereocenters. The number of amides is 2. The van der Waals surface area contributed by atoms with Crippen molar-refractivity contribution in [2.75, 3.05) is 25.0 Å². The largest absolute Gasteiger partial charge is 0.352 e. The lowest BCUT2D eigenvalue weighted by Gasteiger charge is -2.31. The van der Waals surface area contributed by atoms with Crippen molar-refractivity contribution >= 4 is 29.9 Å². The molecule has 2 amide bonds. The lowest BCUT2D eigenvalue weighted by atomic mass is 9.88. The SMILES string of the molecule is Cc1cccc(NC(=O)C(C)C2CNC2)c1C(=O)NCCc1ccccc1.Cl. The number of rotatable bonds is 7. The Morgan fingerprint density at radius 2 is 1.82 bits per heavy atom. The zero-order valence-electron chi connectivity index (χ0n) is 16.3. The van der Waals surface area contributed by atoms with E-state index in [4.69, 9.17) is 0 Å². The van der Waals surface area contributed by atoms with Crippen LogP contribution >= 0.6 is 12.4 Å². The van der Waals surface area contributed by atoms with Crippen LogP contribution in [0.1, 0.15) is 28.4 Å². The van der Waals surface area contributed by atoms with E-state index in [-0.39, 0.29) is 30.1 Å². The summed E-state index contributed by atoms with van der Waals surface area (Å²) in [5.41, 5.74) is 3.15. The highest BCUT2D eigenvalue weighted by molar-refractivity contribution is 6.05. The van der Waals surface area contributed by atoms with Crippen LogP contribution in [0.25, 0.3) is 0 Å². The average molecular weight is 402 g/mol. The van der Waals surface area contributed by atoms with Gasteiger partial charge in [0, 0.05) is 12.5 Å². The first kappa shape index (κ1) is 21.9. The Hall–Kier alpha value is -2.37. The van der Waals surface area contributed by atoms with Crippen molar-refractivity contribution < 1.29 is 9.59 Å². The summed E-state index contributed by atoms with van der Waals surface area (Å²) in [6, 6.07) is 15.6. The molecule has 6 heteroatoms. The molecule has 0 aromatic heterocycles. The Morgan fingerprint density at radius 3 is 2.46 bits per heavy atom. The Morgan fingerprint density at radius 1 is 1.11 bits per heavy atom. The van der Waals surface area contributed by atoms with Crippen LogP contribution in [0.3, 0.4) is 0 Å². The number of hydrogen-bond acceptors (Lipinski definition) is 3. The van der Waals surface area contributed by atoms with Crippen LogP contribution in [0, 0.1) is 18.8 Å². The molecule has 0 saturated carbocycles. The predicted molar refractivity (Wildman–Crippen MR) is 115 cm³/mol. The maximum Gasteiger partial charge on any atom is 0.253 e. The summed E-state index contributed by atoms with van der Waals surface area (Å²) in [6.07, 6.45) is 0.770. The summed E-state index contributed by atoms with van der Waals surface area (Å²) < 4.78 is 0. The van der Waals surface area contributed by atoms with E-state index in [2.05, 4.69) is 16.0 Å². The van der Waals surface area contributed by atoms with E-state index in [9.17, 15) is 9.59 Å². The molecule has 0 spiro atoms. The second-order valence-electron chi connectivity index (χ2n) is 7.19. The van der Waals surface area contributed by atoms with Gasteiger partial charge in [-0.25, -0.2) is 0 Å². The molecule has 1 fully saturated rings. The highest BCUT2D eigenvalue weighted by atomic mass is 35.5. The third-order valence-electron chi connectivity index (χ3n) is 5.23. The molecule has 0 bridgehead atoms. The molecule has 28 heavy (non-hydrogen) atoms. The minimum Gasteiger partial charge on any atom is -0.352 e. The molecular formula is C22H28ClN3O2. The number of benzene rings is 2. The number of halogens is 1. The number of aryl methyl sites for hydroxylation is 1. The molecule has 3 rings (SSSR count). The lowest BCUT2D eigenvalue weighted by molar-refractivity contribution is -0.121. The maximum absolute atomic E-state index is 12.8. The quantitative estimate of drug-likeness (QED) is 0.667. The molecule has 1 aliphatic heterocycles. The second-order valence-corrected chi connectivity index (χ2v) is 7.19. The molecule has 1 unspecified atom stereocenters. The number of hydrogen-bond donors (Lipinski definition) is 3. The number of nitrogens with one attached hydrogen (secondary N) is 3. The molecule has 3 N–H and O–H groups in total. The van der Waals surface area contributed by atoms with Gasteiger partial charge in [-0.05, 0) is 49.5 Å². The van der Waals surface area contributed by atoms with Gasteiger partial charge < -0.3 is 16.0 Å². The van der Waals surface area contributed by atoms with E-state index in [1.807, 2.05) is 56.3 Å². The summed E-state index contributed by atoms with van der Waals surface area (Å²) >= 11 is 0. The van der Waals surface area contributed by atoms with Crippen LogP contribution in [0.2, 0.25) is 0 Å². The van der Waals surface area contributed by atoms with Gasteiger partial charge in [0.15, 0.2) is 0 Å². The van der Waals surface area contributed by atoms with Gasteiger partial charge in [-0.1, -0.05) is 49.4 Å². The highest BCUT2D eigenvalue weighted by Gasteiger charge is 2.29. The van der Waals surface area contributed by atoms with E-state index in [0.29, 0.717) is 23.7 Å². The monoisotopic (exact) mass is 401 g/mol. The van der Waals surface area contributed by atoms with Gasteiger partial charge >= 0.3 is 0 Å². The minimum absolute atomic E-state index is 0. The Labute approximate surface area is 172 Å². The molecule has 150 valence electrons. The van der Waals surface area contributed by atoms with Gasteiger partial charge in [0.1, 0.15) is 0 Å². The minimum atomic E-state index is -0.155. The molecule has 2 aromatic rings. The summed E-state index contributed by atoms with van der Waals surface area (Å²) in [6.45, 7) is 6.12. The van der Waals surface area contributed by atoms with Gasteiger partial charge in [0.05, 0.1) is 11.3 Å². The van der Waals surface area contributed by atoms with E-state index >= 15 is 0 Å². The van der Waals surface area contributed by atoms with Crippen molar-refractivity contribution in [1.82, 2.24) is 10.6 Å². The summed E-state index contributed by atoms with van der Waals surface area (Å²) in [5.74, 6) is 0.0847. The first-order valence-electron chi connectivity index (χ1n) is 9.49. The van der Waals surface area contributed by atoms with Crippen LogP contribution in [-0.2, 0) is 11.2 Å². The molecule has 0 radical (unpaired) electrons. The first-order valence-corrected chi connectivity index (χ1v) is 9.49. The van der Waals surface area contributed by atoms with Gasteiger partial charge in [-0.2, -0.15) is 0 Å². The van der Waals surface area contributed by atoms with Crippen LogP contribution in [0.5, 0.6) is 0 Å². The normalized spacial score (nSPS) is 14.4. The standard InChI is InChI=1S/C22H27N3O2.ClH/c1-15-7-6-10-19(25-21(26)16(2)18-13-23-14-18)20(15)22(27)24-12-11-17-8-4-3-5-9-17;/h3-10,16,18,23H,11-14H2,1-2H3,(H,24,27)(H,25,26);1H. The smallest absolute Gasteiger partial charge is 0.253 e. The van der Waals surface area contributed by atoms with Crippen molar-refractivity contribution in [2.45, 2.75) is 20.3 Å². The maximum atomic E-state index is 12.8. The van der Waals surface area contributed by atoms with Gasteiger partial charge in [0.2, 0.25) is 5.91 Å². The Bertz CT molecular complexity index is 807. The first-order chi connectivity index (χ1) is 13.1. The molecule has 5 nitrogen and oxygen atoms in total. The van der Waals surface area contributed by atoms with Gasteiger partial charge in [-0.15, -0.1) is 12.4 Å². The van der Waals surface area contributed by atoms with Crippen LogP contribution in [0.15, 0.2) is 48.5 Å². The van der Waals surface area contributed by atoms with Crippen molar-refractivity contribution in [1.29, 1.82) is 0 Å². The van der Waals surface area contributed by atoms with Crippen molar-refractivity contribution in [2.24, 2.45) is 11.8 Å². The van der Waals surface area contributed by atoms with E-state index in [1.165, 1.54) is 5.56 Å². The lowest BCUT2D eigenvalue weighted by Crippen LogP contribution is -2.48. The summed E-state index contributed by atoms with van der Waals surface area (Å²) in [7, 11) is 0. The molecule has 1 heterocycles. The molecule has 2 aromatic carbocycles. The Kier molecular flexibility index (Phi) is 8.03. The fraction of sp³-hybridized carbons (Fsp3) is 0.364. The van der Waals surface area contributed by atoms with Gasteiger partial charge in [-0.3, -0.25) is 9.59 Å². The molecule has 1 aliphatic rings. The third kappa shape index (κ3) is 5.33. The van der Waals surface area contributed by atoms with E-state index in [0.717, 1.165) is 25.1 Å². The van der Waals surface area contributed by atoms with E-state index in [1.54, 1.807) is 6.07 Å². The number of carbonyl (C=O) groups excluding carboxylic acids is 2. The van der Waals surface area contributed by atoms with Crippen LogP contribution in [-0.4, -0.2) is 31.4 Å². The average Bonchev–Trinajstić information content (AvgIpc) is 2.61. The fourth-order valence-corrected chi connectivity index (χ4v) is 3.25. The Balaban J connectivity index is 0.00000280. The van der Waals surface area contributed by atoms with Crippen LogP contribution < -0.4 is 16.0 Å². The molecular weight excluding hydrogens is 374 g/mol. The molecule has 1 saturated heterocycles. The summed E-state index contributed by atoms with van der Waals surface area (Å²) in [5, 5.41) is 9.13. The van der Waals surface area contributed by atoms with Gasteiger partial charge in [0.25, 0.3) is 5.91 Å². The topological polar surface area (TPSA) is 70.2 Å². The van der Waals surface area contributed by atoms with E-state index < -0.39 is 0 Å². The number of carbonyl (C=O) groups is 2. The zero-order valence-corrected chi connectivity index (χ0v) is 17.1. The zero-order chi connectivity index (χ0) is 19.2. The third-order valence-corrected chi connectivity index (χ3v) is 5.23. The number of anilines is 1. The van der Waals surface area contributed by atoms with Crippen LogP contribution in [0.4, 0.5) is 5.69 Å². The molecule has 0 aliphatic carbocycles. The highest BCUT2D eigenvalue weighted by Crippen LogP contribution is 2.23. The fourth-order valence-electron chi connectivity index (χ4n) is 3.25. The van der Waals surface area contributed by atoms with Crippen molar-refractivity contribution in [3.05, 3.63) is 65.2 Å².